The fraction of sp³-hybridized carbons (Fsp3) is 0.125. The number of methoxy groups -OCH3 is 1. The molecule has 1 heterocycles. The van der Waals surface area contributed by atoms with Gasteiger partial charge in [-0.15, -0.1) is 0 Å². The predicted octanol–water partition coefficient (Wildman–Crippen LogP) is 4.52. The van der Waals surface area contributed by atoms with E-state index >= 15 is 0 Å². The first-order valence-electron chi connectivity index (χ1n) is 9.46. The summed E-state index contributed by atoms with van der Waals surface area (Å²) in [4.78, 5) is 0. The first-order chi connectivity index (χ1) is 14.2. The Labute approximate surface area is 168 Å². The van der Waals surface area contributed by atoms with Crippen molar-refractivity contribution in [3.05, 3.63) is 77.4 Å². The van der Waals surface area contributed by atoms with Crippen LogP contribution in [0.3, 0.4) is 0 Å². The van der Waals surface area contributed by atoms with Crippen molar-refractivity contribution in [1.29, 1.82) is 0 Å². The summed E-state index contributed by atoms with van der Waals surface area (Å²) in [5.74, 6) is 0.584. The van der Waals surface area contributed by atoms with Crippen molar-refractivity contribution in [2.45, 2.75) is 13.0 Å². The van der Waals surface area contributed by atoms with Crippen molar-refractivity contribution in [3.8, 4) is 45.1 Å². The van der Waals surface area contributed by atoms with Gasteiger partial charge >= 0.3 is 0 Å². The fourth-order valence-electron chi connectivity index (χ4n) is 4.00. The molecule has 3 aromatic carbocycles. The number of rotatable bonds is 4. The van der Waals surface area contributed by atoms with Crippen LogP contribution in [-0.4, -0.2) is 27.5 Å². The molecule has 0 saturated heterocycles. The number of aromatic amines is 1. The van der Waals surface area contributed by atoms with Gasteiger partial charge in [-0.05, 0) is 34.4 Å². The van der Waals surface area contributed by atoms with Gasteiger partial charge in [0.15, 0.2) is 11.5 Å². The fourth-order valence-corrected chi connectivity index (χ4v) is 4.00. The van der Waals surface area contributed by atoms with Crippen LogP contribution in [0.15, 0.2) is 60.7 Å². The van der Waals surface area contributed by atoms with Gasteiger partial charge in [-0.3, -0.25) is 5.10 Å². The van der Waals surface area contributed by atoms with Crippen LogP contribution in [0.25, 0.3) is 33.6 Å². The van der Waals surface area contributed by atoms with Crippen molar-refractivity contribution in [3.63, 3.8) is 0 Å². The molecule has 0 atom stereocenters. The maximum Gasteiger partial charge on any atom is 0.161 e. The second-order valence-corrected chi connectivity index (χ2v) is 7.22. The molecule has 0 saturated carbocycles. The van der Waals surface area contributed by atoms with Gasteiger partial charge in [0.05, 0.1) is 25.1 Å². The van der Waals surface area contributed by atoms with Gasteiger partial charge in [-0.2, -0.15) is 5.10 Å². The topological polar surface area (TPSA) is 78.4 Å². The minimum absolute atomic E-state index is 0.0514. The lowest BCUT2D eigenvalue weighted by Gasteiger charge is -2.08. The molecular weight excluding hydrogens is 364 g/mol. The molecular formula is C24H20N2O3. The number of nitrogens with one attached hydrogen (secondary N) is 1. The molecule has 0 spiro atoms. The van der Waals surface area contributed by atoms with Crippen LogP contribution >= 0.6 is 0 Å². The predicted molar refractivity (Wildman–Crippen MR) is 112 cm³/mol. The number of phenols is 1. The number of fused-ring (bicyclic) bond motifs is 3. The highest BCUT2D eigenvalue weighted by molar-refractivity contribution is 5.82. The van der Waals surface area contributed by atoms with Gasteiger partial charge in [0, 0.05) is 23.1 Å². The van der Waals surface area contributed by atoms with E-state index in [0.717, 1.165) is 45.6 Å². The number of phenolic OH excluding ortho intramolecular Hbond substituents is 1. The number of nitrogens with zero attached hydrogens (tertiary/aromatic N) is 1. The van der Waals surface area contributed by atoms with Gasteiger partial charge in [-0.1, -0.05) is 48.5 Å². The zero-order chi connectivity index (χ0) is 20.0. The molecule has 29 heavy (non-hydrogen) atoms. The Kier molecular flexibility index (Phi) is 4.11. The first-order valence-corrected chi connectivity index (χ1v) is 9.46. The van der Waals surface area contributed by atoms with E-state index in [2.05, 4.69) is 34.5 Å². The quantitative estimate of drug-likeness (QED) is 0.426. The van der Waals surface area contributed by atoms with Crippen LogP contribution < -0.4 is 4.74 Å². The molecule has 0 unspecified atom stereocenters. The number of aliphatic hydroxyl groups excluding tert-OH is 1. The zero-order valence-electron chi connectivity index (χ0n) is 15.9. The van der Waals surface area contributed by atoms with Crippen LogP contribution in [0.1, 0.15) is 16.7 Å². The van der Waals surface area contributed by atoms with Crippen molar-refractivity contribution in [2.75, 3.05) is 7.11 Å². The highest BCUT2D eigenvalue weighted by Crippen LogP contribution is 2.41. The third-order valence-corrected chi connectivity index (χ3v) is 5.53. The van der Waals surface area contributed by atoms with Gasteiger partial charge < -0.3 is 14.9 Å². The molecule has 4 aromatic rings. The Bertz CT molecular complexity index is 1210. The van der Waals surface area contributed by atoms with Gasteiger partial charge in [-0.25, -0.2) is 0 Å². The summed E-state index contributed by atoms with van der Waals surface area (Å²) < 4.78 is 5.21. The molecule has 144 valence electrons. The number of aliphatic hydroxyl groups is 1. The Morgan fingerprint density at radius 2 is 1.72 bits per heavy atom. The lowest BCUT2D eigenvalue weighted by Crippen LogP contribution is -1.90. The van der Waals surface area contributed by atoms with Gasteiger partial charge in [0.2, 0.25) is 0 Å². The Hall–Kier alpha value is -3.57. The highest BCUT2D eigenvalue weighted by Gasteiger charge is 2.25. The molecule has 1 aliphatic carbocycles. The van der Waals surface area contributed by atoms with Crippen LogP contribution in [-0.2, 0) is 13.0 Å². The van der Waals surface area contributed by atoms with E-state index < -0.39 is 0 Å². The standard InChI is InChI=1S/C24H20N2O3/c1-29-22-12-17(7-9-21(22)28)15-3-5-16(6-4-15)23-20-11-18-10-14(13-27)2-8-19(18)24(20)26-25-23/h2-10,12,27-28H,11,13H2,1H3,(H,25,26). The summed E-state index contributed by atoms with van der Waals surface area (Å²) in [6.07, 6.45) is 0.807. The van der Waals surface area contributed by atoms with Crippen molar-refractivity contribution in [2.24, 2.45) is 0 Å². The van der Waals surface area contributed by atoms with Crippen LogP contribution in [0.4, 0.5) is 0 Å². The Morgan fingerprint density at radius 1 is 0.966 bits per heavy atom. The van der Waals surface area contributed by atoms with Crippen molar-refractivity contribution in [1.82, 2.24) is 10.2 Å². The molecule has 0 fully saturated rings. The van der Waals surface area contributed by atoms with Crippen LogP contribution in [0.2, 0.25) is 0 Å². The molecule has 0 radical (unpaired) electrons. The smallest absolute Gasteiger partial charge is 0.161 e. The largest absolute Gasteiger partial charge is 0.504 e. The highest BCUT2D eigenvalue weighted by atomic mass is 16.5. The molecule has 5 rings (SSSR count). The Morgan fingerprint density at radius 3 is 2.48 bits per heavy atom. The van der Waals surface area contributed by atoms with E-state index in [4.69, 9.17) is 4.74 Å². The van der Waals surface area contributed by atoms with Crippen molar-refractivity contribution < 1.29 is 14.9 Å². The zero-order valence-corrected chi connectivity index (χ0v) is 15.9. The van der Waals surface area contributed by atoms with Crippen LogP contribution in [0.5, 0.6) is 11.5 Å². The first kappa shape index (κ1) is 17.5. The molecule has 0 bridgehead atoms. The number of hydrogen-bond donors (Lipinski definition) is 3. The third kappa shape index (κ3) is 2.87. The van der Waals surface area contributed by atoms with Gasteiger partial charge in [0.25, 0.3) is 0 Å². The van der Waals surface area contributed by atoms with Crippen molar-refractivity contribution >= 4 is 0 Å². The van der Waals surface area contributed by atoms with E-state index in [1.54, 1.807) is 13.2 Å². The summed E-state index contributed by atoms with van der Waals surface area (Å²) in [6, 6.07) is 19.6. The monoisotopic (exact) mass is 384 g/mol. The number of ether oxygens (including phenoxy) is 1. The number of H-pyrrole nitrogens is 1. The number of aromatic nitrogens is 2. The average molecular weight is 384 g/mol. The molecule has 1 aromatic heterocycles. The summed E-state index contributed by atoms with van der Waals surface area (Å²) in [6.45, 7) is 0.0514. The van der Waals surface area contributed by atoms with Gasteiger partial charge in [0.1, 0.15) is 0 Å². The lowest BCUT2D eigenvalue weighted by atomic mass is 10.0. The minimum atomic E-state index is 0.0514. The number of benzene rings is 3. The minimum Gasteiger partial charge on any atom is -0.504 e. The summed E-state index contributed by atoms with van der Waals surface area (Å²) >= 11 is 0. The average Bonchev–Trinajstić information content (AvgIpc) is 3.33. The Balaban J connectivity index is 1.48. The summed E-state index contributed by atoms with van der Waals surface area (Å²) in [5.41, 5.74) is 9.57. The van der Waals surface area contributed by atoms with Crippen LogP contribution in [0, 0.1) is 0 Å². The molecule has 0 amide bonds. The molecule has 5 nitrogen and oxygen atoms in total. The molecule has 5 heteroatoms. The third-order valence-electron chi connectivity index (χ3n) is 5.53. The van der Waals surface area contributed by atoms with E-state index in [1.165, 1.54) is 11.1 Å². The number of hydrogen-bond acceptors (Lipinski definition) is 4. The maximum absolute atomic E-state index is 9.80. The summed E-state index contributed by atoms with van der Waals surface area (Å²) in [7, 11) is 1.54. The molecule has 1 aliphatic rings. The maximum atomic E-state index is 9.80. The SMILES string of the molecule is COc1cc(-c2ccc(-c3n[nH]c4c3Cc3cc(CO)ccc3-4)cc2)ccc1O. The van der Waals surface area contributed by atoms with E-state index in [0.29, 0.717) is 5.75 Å². The molecule has 0 aliphatic heterocycles. The number of aromatic hydroxyl groups is 1. The summed E-state index contributed by atoms with van der Waals surface area (Å²) in [5, 5.41) is 26.9. The van der Waals surface area contributed by atoms with E-state index in [-0.39, 0.29) is 12.4 Å². The lowest BCUT2D eigenvalue weighted by molar-refractivity contribution is 0.282. The van der Waals surface area contributed by atoms with E-state index in [9.17, 15) is 10.2 Å². The van der Waals surface area contributed by atoms with E-state index in [1.807, 2.05) is 30.3 Å². The second kappa shape index (κ2) is 6.79. The normalized spacial score (nSPS) is 11.9. The second-order valence-electron chi connectivity index (χ2n) is 7.22. The molecule has 3 N–H and O–H groups in total.